The number of aromatic nitrogens is 2. The van der Waals surface area contributed by atoms with Crippen LogP contribution in [0.1, 0.15) is 16.1 Å². The zero-order valence-electron chi connectivity index (χ0n) is 12.9. The summed E-state index contributed by atoms with van der Waals surface area (Å²) in [7, 11) is 0. The van der Waals surface area contributed by atoms with Crippen molar-refractivity contribution >= 4 is 29.1 Å². The first-order valence-electron chi connectivity index (χ1n) is 7.24. The third-order valence-corrected chi connectivity index (χ3v) is 3.54. The molecule has 120 valence electrons. The molecule has 0 aliphatic rings. The van der Waals surface area contributed by atoms with Crippen molar-refractivity contribution in [3.05, 3.63) is 77.2 Å². The van der Waals surface area contributed by atoms with E-state index in [9.17, 15) is 4.79 Å². The van der Waals surface area contributed by atoms with Crippen LogP contribution in [0.2, 0.25) is 5.02 Å². The second-order valence-electron chi connectivity index (χ2n) is 5.07. The van der Waals surface area contributed by atoms with Gasteiger partial charge in [-0.1, -0.05) is 29.8 Å². The van der Waals surface area contributed by atoms with Gasteiger partial charge in [0.1, 0.15) is 17.9 Å². The molecule has 0 amide bonds. The molecule has 0 fully saturated rings. The molecule has 0 aliphatic carbocycles. The van der Waals surface area contributed by atoms with Crippen LogP contribution >= 0.6 is 11.6 Å². The smallest absolute Gasteiger partial charge is 0.345 e. The minimum atomic E-state index is -0.504. The molecule has 1 N–H and O–H groups in total. The molecule has 6 heteroatoms. The fraction of sp³-hybridized carbons (Fsp3) is 0.0556. The molecule has 24 heavy (non-hydrogen) atoms. The van der Waals surface area contributed by atoms with Gasteiger partial charge in [-0.2, -0.15) is 0 Å². The Labute approximate surface area is 144 Å². The molecule has 1 heterocycles. The van der Waals surface area contributed by atoms with E-state index in [4.69, 9.17) is 16.3 Å². The molecule has 0 bridgehead atoms. The van der Waals surface area contributed by atoms with E-state index in [0.717, 1.165) is 11.4 Å². The molecule has 3 aromatic rings. The minimum absolute atomic E-state index is 0.323. The molecule has 1 aromatic heterocycles. The Hall–Kier alpha value is -2.92. The number of ether oxygens (including phenoxy) is 1. The summed E-state index contributed by atoms with van der Waals surface area (Å²) in [6, 6.07) is 15.6. The number of nitrogens with one attached hydrogen (secondary N) is 1. The third kappa shape index (κ3) is 3.88. The minimum Gasteiger partial charge on any atom is -0.423 e. The lowest BCUT2D eigenvalue weighted by Crippen LogP contribution is -2.09. The SMILES string of the molecule is Cc1cc(Nc2cccc(OC(=O)c3ccccc3Cl)c2)ncn1. The molecule has 0 saturated carbocycles. The Bertz CT molecular complexity index is 883. The second-order valence-corrected chi connectivity index (χ2v) is 5.47. The number of carbonyl (C=O) groups is 1. The number of hydrogen-bond donors (Lipinski definition) is 1. The molecular weight excluding hydrogens is 326 g/mol. The molecule has 0 atom stereocenters. The highest BCUT2D eigenvalue weighted by Crippen LogP contribution is 2.23. The summed E-state index contributed by atoms with van der Waals surface area (Å²) in [6.07, 6.45) is 1.49. The quantitative estimate of drug-likeness (QED) is 0.563. The number of carbonyl (C=O) groups excluding carboxylic acids is 1. The summed E-state index contributed by atoms with van der Waals surface area (Å²) >= 11 is 6.01. The Morgan fingerprint density at radius 3 is 2.71 bits per heavy atom. The van der Waals surface area contributed by atoms with E-state index in [0.29, 0.717) is 22.2 Å². The van der Waals surface area contributed by atoms with Crippen molar-refractivity contribution in [2.45, 2.75) is 6.92 Å². The first-order valence-corrected chi connectivity index (χ1v) is 7.62. The molecule has 0 unspecified atom stereocenters. The second kappa shape index (κ2) is 7.10. The Morgan fingerprint density at radius 2 is 1.92 bits per heavy atom. The van der Waals surface area contributed by atoms with Gasteiger partial charge in [-0.15, -0.1) is 0 Å². The van der Waals surface area contributed by atoms with Crippen LogP contribution in [0, 0.1) is 6.92 Å². The highest BCUT2D eigenvalue weighted by atomic mass is 35.5. The average molecular weight is 340 g/mol. The number of aryl methyl sites for hydroxylation is 1. The van der Waals surface area contributed by atoms with Crippen LogP contribution in [-0.2, 0) is 0 Å². The lowest BCUT2D eigenvalue weighted by atomic mass is 10.2. The van der Waals surface area contributed by atoms with Crippen molar-refractivity contribution in [2.24, 2.45) is 0 Å². The zero-order chi connectivity index (χ0) is 16.9. The van der Waals surface area contributed by atoms with Crippen molar-refractivity contribution in [1.82, 2.24) is 9.97 Å². The van der Waals surface area contributed by atoms with E-state index >= 15 is 0 Å². The third-order valence-electron chi connectivity index (χ3n) is 3.21. The molecule has 5 nitrogen and oxygen atoms in total. The number of rotatable bonds is 4. The van der Waals surface area contributed by atoms with Crippen molar-refractivity contribution in [3.63, 3.8) is 0 Å². The van der Waals surface area contributed by atoms with Crippen molar-refractivity contribution in [3.8, 4) is 5.75 Å². The molecule has 3 rings (SSSR count). The van der Waals surface area contributed by atoms with Crippen LogP contribution in [0.25, 0.3) is 0 Å². The number of anilines is 2. The average Bonchev–Trinajstić information content (AvgIpc) is 2.55. The summed E-state index contributed by atoms with van der Waals surface area (Å²) in [5.74, 6) is 0.573. The van der Waals surface area contributed by atoms with E-state index in [1.54, 1.807) is 42.5 Å². The number of benzene rings is 2. The maximum atomic E-state index is 12.2. The van der Waals surface area contributed by atoms with Gasteiger partial charge in [0.25, 0.3) is 0 Å². The normalized spacial score (nSPS) is 10.2. The summed E-state index contributed by atoms with van der Waals surface area (Å²) in [4.78, 5) is 20.4. The molecule has 0 spiro atoms. The Balaban J connectivity index is 1.76. The van der Waals surface area contributed by atoms with Gasteiger partial charge < -0.3 is 10.1 Å². The monoisotopic (exact) mass is 339 g/mol. The standard InChI is InChI=1S/C18H14ClN3O2/c1-12-9-17(21-11-20-12)22-13-5-4-6-14(10-13)24-18(23)15-7-2-3-8-16(15)19/h2-11H,1H3,(H,20,21,22). The van der Waals surface area contributed by atoms with Crippen molar-refractivity contribution in [2.75, 3.05) is 5.32 Å². The van der Waals surface area contributed by atoms with Gasteiger partial charge in [0.2, 0.25) is 0 Å². The van der Waals surface area contributed by atoms with Crippen LogP contribution in [0.5, 0.6) is 5.75 Å². The summed E-state index contributed by atoms with van der Waals surface area (Å²) in [5, 5.41) is 3.50. The Morgan fingerprint density at radius 1 is 1.08 bits per heavy atom. The zero-order valence-corrected chi connectivity index (χ0v) is 13.6. The first kappa shape index (κ1) is 16.0. The number of esters is 1. The van der Waals surface area contributed by atoms with Gasteiger partial charge in [-0.25, -0.2) is 14.8 Å². The summed E-state index contributed by atoms with van der Waals surface area (Å²) < 4.78 is 5.39. The molecule has 0 saturated heterocycles. The first-order chi connectivity index (χ1) is 11.6. The summed E-state index contributed by atoms with van der Waals surface area (Å²) in [5.41, 5.74) is 1.93. The highest BCUT2D eigenvalue weighted by molar-refractivity contribution is 6.33. The van der Waals surface area contributed by atoms with Crippen LogP contribution in [0.4, 0.5) is 11.5 Å². The predicted octanol–water partition coefficient (Wildman–Crippen LogP) is 4.40. The fourth-order valence-corrected chi connectivity index (χ4v) is 2.31. The lowest BCUT2D eigenvalue weighted by molar-refractivity contribution is 0.0735. The topological polar surface area (TPSA) is 64.1 Å². The molecular formula is C18H14ClN3O2. The molecule has 0 radical (unpaired) electrons. The van der Waals surface area contributed by atoms with Crippen LogP contribution < -0.4 is 10.1 Å². The van der Waals surface area contributed by atoms with E-state index in [2.05, 4.69) is 15.3 Å². The van der Waals surface area contributed by atoms with Crippen LogP contribution in [0.3, 0.4) is 0 Å². The van der Waals surface area contributed by atoms with E-state index in [1.165, 1.54) is 6.33 Å². The van der Waals surface area contributed by atoms with Gasteiger partial charge in [-0.05, 0) is 31.2 Å². The number of halogens is 1. The lowest BCUT2D eigenvalue weighted by Gasteiger charge is -2.09. The fourth-order valence-electron chi connectivity index (χ4n) is 2.10. The van der Waals surface area contributed by atoms with Crippen molar-refractivity contribution < 1.29 is 9.53 Å². The van der Waals surface area contributed by atoms with E-state index < -0.39 is 5.97 Å². The van der Waals surface area contributed by atoms with Crippen molar-refractivity contribution in [1.29, 1.82) is 0 Å². The maximum absolute atomic E-state index is 12.2. The van der Waals surface area contributed by atoms with E-state index in [-0.39, 0.29) is 0 Å². The van der Waals surface area contributed by atoms with Gasteiger partial charge >= 0.3 is 5.97 Å². The maximum Gasteiger partial charge on any atom is 0.345 e. The summed E-state index contributed by atoms with van der Waals surface area (Å²) in [6.45, 7) is 1.88. The highest BCUT2D eigenvalue weighted by Gasteiger charge is 2.12. The van der Waals surface area contributed by atoms with E-state index in [1.807, 2.05) is 19.1 Å². The number of hydrogen-bond acceptors (Lipinski definition) is 5. The molecule has 2 aromatic carbocycles. The predicted molar refractivity (Wildman–Crippen MR) is 92.9 cm³/mol. The van der Waals surface area contributed by atoms with Gasteiger partial charge in [-0.3, -0.25) is 0 Å². The van der Waals surface area contributed by atoms with Gasteiger partial charge in [0.15, 0.2) is 0 Å². The van der Waals surface area contributed by atoms with Crippen LogP contribution in [-0.4, -0.2) is 15.9 Å². The van der Waals surface area contributed by atoms with Crippen LogP contribution in [0.15, 0.2) is 60.9 Å². The largest absolute Gasteiger partial charge is 0.423 e. The van der Waals surface area contributed by atoms with Gasteiger partial charge in [0, 0.05) is 23.5 Å². The molecule has 0 aliphatic heterocycles. The van der Waals surface area contributed by atoms with Gasteiger partial charge in [0.05, 0.1) is 10.6 Å². The Kier molecular flexibility index (Phi) is 4.72. The number of nitrogens with zero attached hydrogens (tertiary/aromatic N) is 2.